The van der Waals surface area contributed by atoms with Crippen molar-refractivity contribution >= 4 is 5.97 Å². The molecule has 2 rings (SSSR count). The second kappa shape index (κ2) is 5.27. The van der Waals surface area contributed by atoms with Gasteiger partial charge in [0.25, 0.3) is 0 Å². The Morgan fingerprint density at radius 2 is 2.00 bits per heavy atom. The van der Waals surface area contributed by atoms with Gasteiger partial charge in [-0.15, -0.1) is 0 Å². The molecule has 18 heavy (non-hydrogen) atoms. The van der Waals surface area contributed by atoms with Gasteiger partial charge >= 0.3 is 12.0 Å². The molecule has 0 unspecified atom stereocenters. The summed E-state index contributed by atoms with van der Waals surface area (Å²) in [5.74, 6) is -0.277. The fourth-order valence-corrected chi connectivity index (χ4v) is 1.43. The Labute approximate surface area is 104 Å². The summed E-state index contributed by atoms with van der Waals surface area (Å²) in [4.78, 5) is 18.6. The number of hydrogen-bond acceptors (Lipinski definition) is 4. The quantitative estimate of drug-likeness (QED) is 0.892. The van der Waals surface area contributed by atoms with E-state index in [-0.39, 0.29) is 12.4 Å². The first-order valence-electron chi connectivity index (χ1n) is 5.42. The minimum Gasteiger partial charge on any atom is -0.481 e. The molecule has 1 aromatic carbocycles. The maximum atomic E-state index is 10.5. The third kappa shape index (κ3) is 3.28. The number of aromatic nitrogens is 2. The standard InChI is InChI=1S/C13H12N2O3/c1-9-6-7-14-13(15-9)18-11-4-2-10(3-5-11)8-12(16)17/h2-7H,8H2,1H3,(H,16,17). The molecule has 0 amide bonds. The van der Waals surface area contributed by atoms with Crippen LogP contribution in [0.4, 0.5) is 0 Å². The number of carboxylic acid groups (broad SMARTS) is 1. The number of carbonyl (C=O) groups is 1. The number of aliphatic carboxylic acids is 1. The summed E-state index contributed by atoms with van der Waals surface area (Å²) in [5.41, 5.74) is 1.54. The number of rotatable bonds is 4. The van der Waals surface area contributed by atoms with Crippen molar-refractivity contribution in [1.82, 2.24) is 9.97 Å². The maximum Gasteiger partial charge on any atom is 0.322 e. The number of ether oxygens (including phenoxy) is 1. The molecule has 0 fully saturated rings. The number of aryl methyl sites for hydroxylation is 1. The summed E-state index contributed by atoms with van der Waals surface area (Å²) in [5, 5.41) is 8.65. The van der Waals surface area contributed by atoms with Crippen LogP contribution in [-0.4, -0.2) is 21.0 Å². The lowest BCUT2D eigenvalue weighted by Crippen LogP contribution is -1.99. The van der Waals surface area contributed by atoms with E-state index in [1.807, 2.05) is 6.92 Å². The zero-order chi connectivity index (χ0) is 13.0. The summed E-state index contributed by atoms with van der Waals surface area (Å²) in [6, 6.07) is 8.87. The van der Waals surface area contributed by atoms with Crippen LogP contribution >= 0.6 is 0 Å². The summed E-state index contributed by atoms with van der Waals surface area (Å²) in [6.45, 7) is 1.85. The van der Waals surface area contributed by atoms with Crippen molar-refractivity contribution in [2.24, 2.45) is 0 Å². The molecule has 0 bridgehead atoms. The van der Waals surface area contributed by atoms with Gasteiger partial charge in [-0.1, -0.05) is 12.1 Å². The largest absolute Gasteiger partial charge is 0.481 e. The molecule has 0 atom stereocenters. The van der Waals surface area contributed by atoms with Gasteiger partial charge in [-0.2, -0.15) is 0 Å². The monoisotopic (exact) mass is 244 g/mol. The highest BCUT2D eigenvalue weighted by molar-refractivity contribution is 5.70. The predicted octanol–water partition coefficient (Wildman–Crippen LogP) is 2.20. The van der Waals surface area contributed by atoms with Crippen molar-refractivity contribution in [3.63, 3.8) is 0 Å². The lowest BCUT2D eigenvalue weighted by Gasteiger charge is -2.04. The van der Waals surface area contributed by atoms with Crippen molar-refractivity contribution in [2.45, 2.75) is 13.3 Å². The van der Waals surface area contributed by atoms with Crippen molar-refractivity contribution in [2.75, 3.05) is 0 Å². The van der Waals surface area contributed by atoms with Crippen LogP contribution in [0, 0.1) is 6.92 Å². The van der Waals surface area contributed by atoms with E-state index in [4.69, 9.17) is 9.84 Å². The van der Waals surface area contributed by atoms with Crippen molar-refractivity contribution < 1.29 is 14.6 Å². The molecule has 1 N–H and O–H groups in total. The first-order chi connectivity index (χ1) is 8.63. The number of benzene rings is 1. The first kappa shape index (κ1) is 12.0. The molecule has 0 spiro atoms. The summed E-state index contributed by atoms with van der Waals surface area (Å²) >= 11 is 0. The summed E-state index contributed by atoms with van der Waals surface area (Å²) in [6.07, 6.45) is 1.62. The fourth-order valence-electron chi connectivity index (χ4n) is 1.43. The molecule has 92 valence electrons. The van der Waals surface area contributed by atoms with Crippen molar-refractivity contribution in [3.8, 4) is 11.8 Å². The van der Waals surface area contributed by atoms with Gasteiger partial charge in [0.15, 0.2) is 0 Å². The van der Waals surface area contributed by atoms with Crippen molar-refractivity contribution in [3.05, 3.63) is 47.8 Å². The Morgan fingerprint density at radius 3 is 2.61 bits per heavy atom. The van der Waals surface area contributed by atoms with E-state index >= 15 is 0 Å². The number of carboxylic acids is 1. The molecule has 2 aromatic rings. The van der Waals surface area contributed by atoms with E-state index in [2.05, 4.69) is 9.97 Å². The van der Waals surface area contributed by atoms with Crippen LogP contribution < -0.4 is 4.74 Å². The second-order valence-corrected chi connectivity index (χ2v) is 3.80. The molecule has 0 aliphatic rings. The molecule has 5 nitrogen and oxygen atoms in total. The van der Waals surface area contributed by atoms with E-state index in [0.29, 0.717) is 5.75 Å². The highest BCUT2D eigenvalue weighted by atomic mass is 16.5. The second-order valence-electron chi connectivity index (χ2n) is 3.80. The SMILES string of the molecule is Cc1ccnc(Oc2ccc(CC(=O)O)cc2)n1. The maximum absolute atomic E-state index is 10.5. The normalized spacial score (nSPS) is 10.1. The Bertz CT molecular complexity index is 552. The fraction of sp³-hybridized carbons (Fsp3) is 0.154. The van der Waals surface area contributed by atoms with Gasteiger partial charge in [0, 0.05) is 11.9 Å². The zero-order valence-electron chi connectivity index (χ0n) is 9.83. The van der Waals surface area contributed by atoms with Gasteiger partial charge < -0.3 is 9.84 Å². The van der Waals surface area contributed by atoms with Crippen LogP contribution in [0.15, 0.2) is 36.5 Å². The van der Waals surface area contributed by atoms with Gasteiger partial charge in [-0.25, -0.2) is 9.97 Å². The molecular weight excluding hydrogens is 232 g/mol. The van der Waals surface area contributed by atoms with Crippen LogP contribution in [0.3, 0.4) is 0 Å². The van der Waals surface area contributed by atoms with Gasteiger partial charge in [-0.3, -0.25) is 4.79 Å². The van der Waals surface area contributed by atoms with Crippen LogP contribution in [0.5, 0.6) is 11.8 Å². The van der Waals surface area contributed by atoms with Crippen LogP contribution in [0.1, 0.15) is 11.3 Å². The minimum atomic E-state index is -0.856. The molecule has 0 aliphatic heterocycles. The summed E-state index contributed by atoms with van der Waals surface area (Å²) in [7, 11) is 0. The van der Waals surface area contributed by atoms with Gasteiger partial charge in [0.1, 0.15) is 5.75 Å². The van der Waals surface area contributed by atoms with Crippen LogP contribution in [0.25, 0.3) is 0 Å². The average Bonchev–Trinajstić information content (AvgIpc) is 2.31. The van der Waals surface area contributed by atoms with Crippen molar-refractivity contribution in [1.29, 1.82) is 0 Å². The Balaban J connectivity index is 2.08. The lowest BCUT2D eigenvalue weighted by molar-refractivity contribution is -0.136. The van der Waals surface area contributed by atoms with E-state index in [1.165, 1.54) is 0 Å². The first-order valence-corrected chi connectivity index (χ1v) is 5.42. The van der Waals surface area contributed by atoms with Gasteiger partial charge in [-0.05, 0) is 30.7 Å². The van der Waals surface area contributed by atoms with E-state index in [1.54, 1.807) is 36.5 Å². The van der Waals surface area contributed by atoms with E-state index in [9.17, 15) is 4.79 Å². The van der Waals surface area contributed by atoms with Crippen LogP contribution in [-0.2, 0) is 11.2 Å². The van der Waals surface area contributed by atoms with Crippen LogP contribution in [0.2, 0.25) is 0 Å². The van der Waals surface area contributed by atoms with Gasteiger partial charge in [0.2, 0.25) is 0 Å². The molecule has 0 aliphatic carbocycles. The molecule has 1 heterocycles. The molecule has 5 heteroatoms. The lowest BCUT2D eigenvalue weighted by atomic mass is 10.1. The predicted molar refractivity (Wildman–Crippen MR) is 64.6 cm³/mol. The third-order valence-electron chi connectivity index (χ3n) is 2.26. The Hall–Kier alpha value is -2.43. The summed E-state index contributed by atoms with van der Waals surface area (Å²) < 4.78 is 5.45. The molecular formula is C13H12N2O3. The Kier molecular flexibility index (Phi) is 3.52. The highest BCUT2D eigenvalue weighted by Crippen LogP contribution is 2.18. The number of nitrogens with zero attached hydrogens (tertiary/aromatic N) is 2. The molecule has 0 saturated carbocycles. The Morgan fingerprint density at radius 1 is 1.28 bits per heavy atom. The number of hydrogen-bond donors (Lipinski definition) is 1. The van der Waals surface area contributed by atoms with Gasteiger partial charge in [0.05, 0.1) is 6.42 Å². The third-order valence-corrected chi connectivity index (χ3v) is 2.26. The molecule has 1 aromatic heterocycles. The zero-order valence-corrected chi connectivity index (χ0v) is 9.83. The van der Waals surface area contributed by atoms with E-state index < -0.39 is 5.97 Å². The average molecular weight is 244 g/mol. The topological polar surface area (TPSA) is 72.3 Å². The molecule has 0 radical (unpaired) electrons. The smallest absolute Gasteiger partial charge is 0.322 e. The van der Waals surface area contributed by atoms with E-state index in [0.717, 1.165) is 11.3 Å². The molecule has 0 saturated heterocycles. The minimum absolute atomic E-state index is 0.00122. The highest BCUT2D eigenvalue weighted by Gasteiger charge is 2.03.